The summed E-state index contributed by atoms with van der Waals surface area (Å²) in [7, 11) is 1.44. The molecule has 342 valence electrons. The number of amides is 3. The van der Waals surface area contributed by atoms with Crippen molar-refractivity contribution < 1.29 is 32.7 Å². The van der Waals surface area contributed by atoms with Gasteiger partial charge in [0.2, 0.25) is 11.8 Å². The molecule has 0 bridgehead atoms. The number of ether oxygens (including phenoxy) is 1. The highest BCUT2D eigenvalue weighted by atomic mass is 19.1. The Kier molecular flexibility index (Phi) is 12.6. The molecule has 3 fully saturated rings. The second-order valence-corrected chi connectivity index (χ2v) is 17.3. The van der Waals surface area contributed by atoms with Gasteiger partial charge in [-0.25, -0.2) is 18.5 Å². The quantitative estimate of drug-likeness (QED) is 0.0582. The fraction of sp³-hybridized carbons (Fsp3) is 0.347. The minimum absolute atomic E-state index is 0.0989. The molecular formula is C49H52F2N10O5. The van der Waals surface area contributed by atoms with Crippen molar-refractivity contribution in [2.45, 2.75) is 51.2 Å². The molecule has 0 radical (unpaired) electrons. The maximum absolute atomic E-state index is 16.1. The zero-order chi connectivity index (χ0) is 46.1. The first-order chi connectivity index (χ1) is 32.0. The third-order valence-electron chi connectivity index (χ3n) is 13.3. The zero-order valence-electron chi connectivity index (χ0n) is 36.7. The van der Waals surface area contributed by atoms with Crippen molar-refractivity contribution in [2.24, 2.45) is 22.4 Å². The predicted molar refractivity (Wildman–Crippen MR) is 246 cm³/mol. The number of nitrogens with one attached hydrogen (secondary N) is 1. The van der Waals surface area contributed by atoms with Crippen molar-refractivity contribution in [1.82, 2.24) is 24.9 Å². The summed E-state index contributed by atoms with van der Waals surface area (Å²) in [5.74, 6) is -0.898. The number of ketones is 1. The number of piperazine rings is 1. The number of rotatable bonds is 14. The van der Waals surface area contributed by atoms with Crippen molar-refractivity contribution in [3.05, 3.63) is 118 Å². The number of Topliss-reactive ketones (excluding diaryl/α,β-unsaturated/α-hetero) is 1. The summed E-state index contributed by atoms with van der Waals surface area (Å²) < 4.78 is 36.8. The molecule has 0 aliphatic carbocycles. The molecule has 3 saturated heterocycles. The van der Waals surface area contributed by atoms with E-state index in [4.69, 9.17) is 21.3 Å². The van der Waals surface area contributed by atoms with Gasteiger partial charge >= 0.3 is 0 Å². The number of nitrogens with two attached hydrogens (primary N) is 2. The monoisotopic (exact) mass is 898 g/mol. The number of carbonyl (C=O) groups is 4. The molecule has 66 heavy (non-hydrogen) atoms. The Balaban J connectivity index is 0.807. The molecule has 4 aliphatic rings. The first-order valence-electron chi connectivity index (χ1n) is 22.3. The Bertz CT molecular complexity index is 2720. The van der Waals surface area contributed by atoms with Gasteiger partial charge in [0.25, 0.3) is 5.91 Å². The van der Waals surface area contributed by atoms with Crippen LogP contribution < -0.4 is 31.3 Å². The van der Waals surface area contributed by atoms with Crippen LogP contribution in [0.5, 0.6) is 5.75 Å². The molecule has 4 aromatic carbocycles. The van der Waals surface area contributed by atoms with E-state index in [1.165, 1.54) is 31.4 Å². The van der Waals surface area contributed by atoms with Crippen LogP contribution in [0.4, 0.5) is 26.0 Å². The second-order valence-electron chi connectivity index (χ2n) is 17.3. The number of aliphatic imine (C=N–C) groups is 1. The molecule has 9 rings (SSSR count). The van der Waals surface area contributed by atoms with Crippen LogP contribution in [0.3, 0.4) is 0 Å². The SMILES string of the molecule is COc1ccc(F)cc1C(=O)CCc1ccc(-c2nn(-c3ccc(N4CC[C@H](CN5CCN(c6ccc7c(c6)CN([C@H]6CCC(=O)NC6=O)C7=O)CC5)C4)c(F)c3)c(N=CN)c2CN)cc1. The average molecular weight is 899 g/mol. The highest BCUT2D eigenvalue weighted by Gasteiger charge is 2.39. The third kappa shape index (κ3) is 8.87. The van der Waals surface area contributed by atoms with Gasteiger partial charge in [-0.05, 0) is 84.8 Å². The summed E-state index contributed by atoms with van der Waals surface area (Å²) in [5.41, 5.74) is 18.6. The van der Waals surface area contributed by atoms with Crippen LogP contribution >= 0.6 is 0 Å². The van der Waals surface area contributed by atoms with Gasteiger partial charge in [-0.1, -0.05) is 24.3 Å². The van der Waals surface area contributed by atoms with Gasteiger partial charge in [0, 0.05) is 100 Å². The van der Waals surface area contributed by atoms with Crippen molar-refractivity contribution in [3.63, 3.8) is 0 Å². The van der Waals surface area contributed by atoms with Crippen molar-refractivity contribution >= 4 is 47.0 Å². The maximum Gasteiger partial charge on any atom is 0.255 e. The number of imide groups is 1. The minimum atomic E-state index is -0.638. The lowest BCUT2D eigenvalue weighted by atomic mass is 10.00. The van der Waals surface area contributed by atoms with E-state index >= 15 is 4.39 Å². The Hall–Kier alpha value is -6.98. The number of methoxy groups -OCH3 is 1. The summed E-state index contributed by atoms with van der Waals surface area (Å²) in [6, 6.07) is 21.8. The summed E-state index contributed by atoms with van der Waals surface area (Å²) >= 11 is 0. The van der Waals surface area contributed by atoms with Crippen molar-refractivity contribution in [1.29, 1.82) is 0 Å². The van der Waals surface area contributed by atoms with Gasteiger partial charge in [-0.2, -0.15) is 5.10 Å². The number of aromatic nitrogens is 2. The smallest absolute Gasteiger partial charge is 0.255 e. The highest BCUT2D eigenvalue weighted by molar-refractivity contribution is 6.05. The largest absolute Gasteiger partial charge is 0.496 e. The molecule has 3 amide bonds. The molecule has 4 aliphatic heterocycles. The highest BCUT2D eigenvalue weighted by Crippen LogP contribution is 2.36. The van der Waals surface area contributed by atoms with Crippen LogP contribution in [0.15, 0.2) is 83.9 Å². The molecule has 2 atom stereocenters. The summed E-state index contributed by atoms with van der Waals surface area (Å²) in [6.45, 7) is 6.23. The molecule has 15 nitrogen and oxygen atoms in total. The number of aryl methyl sites for hydroxylation is 1. The Morgan fingerprint density at radius 1 is 0.924 bits per heavy atom. The lowest BCUT2D eigenvalue weighted by Gasteiger charge is -2.37. The van der Waals surface area contributed by atoms with E-state index in [1.807, 2.05) is 42.5 Å². The number of hydrogen-bond donors (Lipinski definition) is 3. The molecule has 5 N–H and O–H groups in total. The van der Waals surface area contributed by atoms with E-state index < -0.39 is 17.8 Å². The minimum Gasteiger partial charge on any atom is -0.496 e. The standard InChI is InChI=1S/C49H52F2N10O5/c1-66-44-14-7-34(50)23-38(44)43(62)13-4-30-2-5-32(6-3-30)46-39(25-52)47(54-29-53)61(56-46)36-9-11-41(40(51)24-36)59-17-16-31(27-59)26-57-18-20-58(21-19-57)35-8-10-37-33(22-35)28-60(49(37)65)42-12-15-45(63)55-48(42)64/h2-3,5-11,14,22-24,29,31,42H,4,12-13,15-21,25-28,52H2,1H3,(H2,53,54)(H,55,63,64)/t31-,42+/m1/s1. The Morgan fingerprint density at radius 2 is 1.71 bits per heavy atom. The summed E-state index contributed by atoms with van der Waals surface area (Å²) in [6.07, 6.45) is 3.26. The number of anilines is 2. The van der Waals surface area contributed by atoms with Gasteiger partial charge in [0.15, 0.2) is 11.6 Å². The van der Waals surface area contributed by atoms with E-state index in [-0.39, 0.29) is 48.4 Å². The van der Waals surface area contributed by atoms with Crippen LogP contribution in [0.25, 0.3) is 16.9 Å². The van der Waals surface area contributed by atoms with Crippen molar-refractivity contribution in [2.75, 3.05) is 62.7 Å². The summed E-state index contributed by atoms with van der Waals surface area (Å²) in [4.78, 5) is 63.2. The lowest BCUT2D eigenvalue weighted by Crippen LogP contribution is -2.52. The first-order valence-corrected chi connectivity index (χ1v) is 22.3. The number of halogens is 2. The van der Waals surface area contributed by atoms with Crippen LogP contribution in [-0.2, 0) is 29.1 Å². The molecule has 17 heteroatoms. The number of benzene rings is 4. The van der Waals surface area contributed by atoms with Gasteiger partial charge in [0.05, 0.1) is 36.1 Å². The van der Waals surface area contributed by atoms with Gasteiger partial charge < -0.3 is 30.9 Å². The Labute approximate surface area is 381 Å². The molecule has 5 aromatic rings. The van der Waals surface area contributed by atoms with E-state index in [0.717, 1.165) is 81.0 Å². The maximum atomic E-state index is 16.1. The summed E-state index contributed by atoms with van der Waals surface area (Å²) in [5, 5.41) is 7.22. The third-order valence-corrected chi connectivity index (χ3v) is 13.3. The number of nitrogens with zero attached hydrogens (tertiary/aromatic N) is 7. The Morgan fingerprint density at radius 3 is 2.44 bits per heavy atom. The molecule has 0 unspecified atom stereocenters. The second kappa shape index (κ2) is 18.9. The normalized spacial score (nSPS) is 19.0. The van der Waals surface area contributed by atoms with Crippen LogP contribution in [0, 0.1) is 17.6 Å². The lowest BCUT2D eigenvalue weighted by molar-refractivity contribution is -0.136. The zero-order valence-corrected chi connectivity index (χ0v) is 36.7. The average Bonchev–Trinajstić information content (AvgIpc) is 4.03. The van der Waals surface area contributed by atoms with Crippen molar-refractivity contribution in [3.8, 4) is 22.7 Å². The number of hydrogen-bond acceptors (Lipinski definition) is 11. The molecule has 5 heterocycles. The number of piperidine rings is 1. The van der Waals surface area contributed by atoms with E-state index in [1.54, 1.807) is 15.6 Å². The fourth-order valence-electron chi connectivity index (χ4n) is 9.76. The van der Waals surface area contributed by atoms with Crippen LogP contribution in [0.2, 0.25) is 0 Å². The number of carbonyl (C=O) groups excluding carboxylic acids is 4. The van der Waals surface area contributed by atoms with Gasteiger partial charge in [-0.3, -0.25) is 29.4 Å². The van der Waals surface area contributed by atoms with Gasteiger partial charge in [-0.15, -0.1) is 0 Å². The van der Waals surface area contributed by atoms with Crippen LogP contribution in [0.1, 0.15) is 63.1 Å². The fourth-order valence-corrected chi connectivity index (χ4v) is 9.76. The topological polar surface area (TPSA) is 185 Å². The molecule has 0 spiro atoms. The van der Waals surface area contributed by atoms with E-state index in [9.17, 15) is 23.6 Å². The van der Waals surface area contributed by atoms with Crippen LogP contribution in [-0.4, -0.2) is 108 Å². The molecule has 0 saturated carbocycles. The van der Waals surface area contributed by atoms with E-state index in [0.29, 0.717) is 65.1 Å². The molecular weight excluding hydrogens is 847 g/mol. The molecule has 1 aromatic heterocycles. The van der Waals surface area contributed by atoms with Gasteiger partial charge in [0.1, 0.15) is 23.4 Å². The number of fused-ring (bicyclic) bond motifs is 1. The predicted octanol–water partition coefficient (Wildman–Crippen LogP) is 5.13. The first kappa shape index (κ1) is 44.2. The van der Waals surface area contributed by atoms with E-state index in [2.05, 4.69) is 31.1 Å².